The molecule has 0 spiro atoms. The van der Waals surface area contributed by atoms with Gasteiger partial charge in [-0.25, -0.2) is 4.98 Å². The van der Waals surface area contributed by atoms with Gasteiger partial charge in [0.2, 0.25) is 5.88 Å². The van der Waals surface area contributed by atoms with Gasteiger partial charge in [0.05, 0.1) is 6.61 Å². The zero-order chi connectivity index (χ0) is 11.3. The number of pyridine rings is 1. The van der Waals surface area contributed by atoms with E-state index < -0.39 is 0 Å². The summed E-state index contributed by atoms with van der Waals surface area (Å²) in [6.07, 6.45) is 1.74. The summed E-state index contributed by atoms with van der Waals surface area (Å²) in [6.45, 7) is 4.41. The Hall–Kier alpha value is -1.13. The number of hydrogen-bond donors (Lipinski definition) is 1. The number of ether oxygens (including phenoxy) is 2. The van der Waals surface area contributed by atoms with E-state index in [-0.39, 0.29) is 12.1 Å². The third-order valence-electron chi connectivity index (χ3n) is 2.01. The van der Waals surface area contributed by atoms with E-state index in [0.717, 1.165) is 5.56 Å². The minimum absolute atomic E-state index is 0.00273. The van der Waals surface area contributed by atoms with Crippen molar-refractivity contribution in [2.75, 3.05) is 13.7 Å². The smallest absolute Gasteiger partial charge is 0.213 e. The Kier molecular flexibility index (Phi) is 4.52. The van der Waals surface area contributed by atoms with Crippen LogP contribution < -0.4 is 10.5 Å². The Morgan fingerprint density at radius 2 is 2.13 bits per heavy atom. The Labute approximate surface area is 90.4 Å². The molecule has 0 amide bonds. The molecule has 0 aliphatic carbocycles. The average molecular weight is 210 g/mol. The fourth-order valence-electron chi connectivity index (χ4n) is 1.21. The summed E-state index contributed by atoms with van der Waals surface area (Å²) in [5, 5.41) is 0. The molecular weight excluding hydrogens is 192 g/mol. The summed E-state index contributed by atoms with van der Waals surface area (Å²) in [6, 6.07) is 3.75. The molecule has 1 unspecified atom stereocenters. The zero-order valence-corrected chi connectivity index (χ0v) is 9.43. The second kappa shape index (κ2) is 5.68. The van der Waals surface area contributed by atoms with Crippen LogP contribution in [0, 0.1) is 0 Å². The highest BCUT2D eigenvalue weighted by atomic mass is 16.5. The van der Waals surface area contributed by atoms with Crippen LogP contribution in [0.25, 0.3) is 0 Å². The molecule has 1 aromatic heterocycles. The lowest BCUT2D eigenvalue weighted by Gasteiger charge is -2.13. The third kappa shape index (κ3) is 3.85. The number of nitrogens with two attached hydrogens (primary N) is 1. The number of nitrogens with zero attached hydrogens (tertiary/aromatic N) is 1. The highest BCUT2D eigenvalue weighted by molar-refractivity contribution is 5.20. The molecule has 0 aromatic carbocycles. The van der Waals surface area contributed by atoms with Crippen molar-refractivity contribution in [1.29, 1.82) is 0 Å². The SMILES string of the molecule is COCC(C)Oc1ccc([C@@H](C)N)cn1. The van der Waals surface area contributed by atoms with Crippen LogP contribution in [0.15, 0.2) is 18.3 Å². The first kappa shape index (κ1) is 11.9. The summed E-state index contributed by atoms with van der Waals surface area (Å²) >= 11 is 0. The number of aromatic nitrogens is 1. The molecule has 1 heterocycles. The summed E-state index contributed by atoms with van der Waals surface area (Å²) < 4.78 is 10.5. The lowest BCUT2D eigenvalue weighted by atomic mass is 10.2. The van der Waals surface area contributed by atoms with Gasteiger partial charge in [-0.1, -0.05) is 6.07 Å². The molecule has 0 saturated heterocycles. The van der Waals surface area contributed by atoms with Gasteiger partial charge in [-0.2, -0.15) is 0 Å². The highest BCUT2D eigenvalue weighted by Gasteiger charge is 2.05. The van der Waals surface area contributed by atoms with Gasteiger partial charge in [-0.05, 0) is 19.4 Å². The van der Waals surface area contributed by atoms with Gasteiger partial charge in [-0.3, -0.25) is 0 Å². The molecule has 0 radical (unpaired) electrons. The van der Waals surface area contributed by atoms with Crippen LogP contribution in [-0.2, 0) is 4.74 Å². The largest absolute Gasteiger partial charge is 0.472 e. The monoisotopic (exact) mass is 210 g/mol. The van der Waals surface area contributed by atoms with Crippen LogP contribution in [-0.4, -0.2) is 24.8 Å². The molecule has 2 N–H and O–H groups in total. The van der Waals surface area contributed by atoms with Crippen molar-refractivity contribution in [3.8, 4) is 5.88 Å². The fraction of sp³-hybridized carbons (Fsp3) is 0.545. The minimum Gasteiger partial charge on any atom is -0.472 e. The standard InChI is InChI=1S/C11H18N2O2/c1-8(7-14-3)15-11-5-4-10(6-13-11)9(2)12/h4-6,8-9H,7,12H2,1-3H3/t8?,9-/m1/s1. The Morgan fingerprint density at radius 1 is 1.40 bits per heavy atom. The molecule has 0 saturated carbocycles. The van der Waals surface area contributed by atoms with Gasteiger partial charge in [0.15, 0.2) is 0 Å². The van der Waals surface area contributed by atoms with E-state index in [1.807, 2.05) is 26.0 Å². The zero-order valence-electron chi connectivity index (χ0n) is 9.43. The van der Waals surface area contributed by atoms with Crippen molar-refractivity contribution < 1.29 is 9.47 Å². The Balaban J connectivity index is 2.56. The van der Waals surface area contributed by atoms with Gasteiger partial charge >= 0.3 is 0 Å². The summed E-state index contributed by atoms with van der Waals surface area (Å²) in [5.41, 5.74) is 6.71. The van der Waals surface area contributed by atoms with E-state index in [4.69, 9.17) is 15.2 Å². The molecule has 0 fully saturated rings. The first-order chi connectivity index (χ1) is 7.13. The number of hydrogen-bond acceptors (Lipinski definition) is 4. The van der Waals surface area contributed by atoms with E-state index >= 15 is 0 Å². The first-order valence-corrected chi connectivity index (χ1v) is 5.00. The van der Waals surface area contributed by atoms with Crippen molar-refractivity contribution in [3.63, 3.8) is 0 Å². The van der Waals surface area contributed by atoms with Gasteiger partial charge in [0, 0.05) is 25.4 Å². The maximum absolute atomic E-state index is 5.71. The Morgan fingerprint density at radius 3 is 2.60 bits per heavy atom. The Bertz CT molecular complexity index is 285. The third-order valence-corrected chi connectivity index (χ3v) is 2.01. The van der Waals surface area contributed by atoms with Gasteiger partial charge in [0.25, 0.3) is 0 Å². The molecular formula is C11H18N2O2. The van der Waals surface area contributed by atoms with Crippen LogP contribution >= 0.6 is 0 Å². The average Bonchev–Trinajstić information content (AvgIpc) is 2.18. The van der Waals surface area contributed by atoms with E-state index in [2.05, 4.69) is 4.98 Å². The van der Waals surface area contributed by atoms with Crippen LogP contribution in [0.3, 0.4) is 0 Å². The van der Waals surface area contributed by atoms with Crippen molar-refractivity contribution in [2.24, 2.45) is 5.73 Å². The highest BCUT2D eigenvalue weighted by Crippen LogP contribution is 2.13. The lowest BCUT2D eigenvalue weighted by Crippen LogP contribution is -2.18. The molecule has 4 nitrogen and oxygen atoms in total. The predicted molar refractivity (Wildman–Crippen MR) is 58.8 cm³/mol. The van der Waals surface area contributed by atoms with Gasteiger partial charge < -0.3 is 15.2 Å². The molecule has 0 bridgehead atoms. The van der Waals surface area contributed by atoms with E-state index in [1.165, 1.54) is 0 Å². The van der Waals surface area contributed by atoms with E-state index in [1.54, 1.807) is 13.3 Å². The topological polar surface area (TPSA) is 57.4 Å². The fourth-order valence-corrected chi connectivity index (χ4v) is 1.21. The molecule has 0 aliphatic heterocycles. The van der Waals surface area contributed by atoms with Crippen molar-refractivity contribution >= 4 is 0 Å². The summed E-state index contributed by atoms with van der Waals surface area (Å²) in [7, 11) is 1.65. The first-order valence-electron chi connectivity index (χ1n) is 5.00. The van der Waals surface area contributed by atoms with Crippen LogP contribution in [0.2, 0.25) is 0 Å². The predicted octanol–water partition coefficient (Wildman–Crippen LogP) is 1.52. The van der Waals surface area contributed by atoms with Crippen LogP contribution in [0.5, 0.6) is 5.88 Å². The lowest BCUT2D eigenvalue weighted by molar-refractivity contribution is 0.0889. The molecule has 2 atom stereocenters. The number of rotatable bonds is 5. The molecule has 4 heteroatoms. The van der Waals surface area contributed by atoms with E-state index in [0.29, 0.717) is 12.5 Å². The molecule has 1 aromatic rings. The maximum Gasteiger partial charge on any atom is 0.213 e. The second-order valence-corrected chi connectivity index (χ2v) is 3.60. The quantitative estimate of drug-likeness (QED) is 0.800. The van der Waals surface area contributed by atoms with Gasteiger partial charge in [-0.15, -0.1) is 0 Å². The van der Waals surface area contributed by atoms with Crippen molar-refractivity contribution in [1.82, 2.24) is 4.98 Å². The van der Waals surface area contributed by atoms with Crippen LogP contribution in [0.4, 0.5) is 0 Å². The van der Waals surface area contributed by atoms with Gasteiger partial charge in [0.1, 0.15) is 6.10 Å². The normalized spacial score (nSPS) is 14.7. The maximum atomic E-state index is 5.71. The molecule has 0 aliphatic rings. The van der Waals surface area contributed by atoms with Crippen molar-refractivity contribution in [3.05, 3.63) is 23.9 Å². The molecule has 1 rings (SSSR count). The molecule has 84 valence electrons. The second-order valence-electron chi connectivity index (χ2n) is 3.60. The molecule has 15 heavy (non-hydrogen) atoms. The van der Waals surface area contributed by atoms with E-state index in [9.17, 15) is 0 Å². The number of methoxy groups -OCH3 is 1. The van der Waals surface area contributed by atoms with Crippen LogP contribution in [0.1, 0.15) is 25.5 Å². The van der Waals surface area contributed by atoms with Crippen molar-refractivity contribution in [2.45, 2.75) is 26.0 Å². The minimum atomic E-state index is 0.00273. The summed E-state index contributed by atoms with van der Waals surface area (Å²) in [5.74, 6) is 0.601. The summed E-state index contributed by atoms with van der Waals surface area (Å²) in [4.78, 5) is 4.16.